The summed E-state index contributed by atoms with van der Waals surface area (Å²) in [6.45, 7) is 3.26. The number of aliphatic hydroxyl groups excluding tert-OH is 1. The second-order valence-corrected chi connectivity index (χ2v) is 6.30. The normalized spacial score (nSPS) is 25.8. The van der Waals surface area contributed by atoms with Crippen LogP contribution in [0.3, 0.4) is 0 Å². The third-order valence-electron chi connectivity index (χ3n) is 4.75. The maximum absolute atomic E-state index is 9.00. The minimum Gasteiger partial charge on any atom is -0.388 e. The molecular weight excluding hydrogens is 264 g/mol. The molecule has 1 saturated heterocycles. The molecule has 0 bridgehead atoms. The van der Waals surface area contributed by atoms with Gasteiger partial charge in [0.2, 0.25) is 0 Å². The van der Waals surface area contributed by atoms with Crippen LogP contribution < -0.4 is 0 Å². The molecule has 0 spiro atoms. The average Bonchev–Trinajstić information content (AvgIpc) is 3.10. The number of hydrogen-bond donors (Lipinski definition) is 1. The highest BCUT2D eigenvalue weighted by atomic mass is 16.5. The van der Waals surface area contributed by atoms with Crippen LogP contribution in [-0.4, -0.2) is 34.8 Å². The van der Waals surface area contributed by atoms with Crippen molar-refractivity contribution in [2.75, 3.05) is 19.6 Å². The highest BCUT2D eigenvalue weighted by Gasteiger charge is 2.41. The van der Waals surface area contributed by atoms with Crippen LogP contribution in [0.1, 0.15) is 35.3 Å². The van der Waals surface area contributed by atoms with Crippen LogP contribution in [0.5, 0.6) is 0 Å². The van der Waals surface area contributed by atoms with Crippen molar-refractivity contribution in [1.29, 1.82) is 0 Å². The standard InChI is InChI=1S/C17H20N2O2/c20-11-15-7-17(18-21-15)14-9-19(10-14)8-13-6-16(13)12-4-2-1-3-5-12/h1-5,7,13-14,16,20H,6,8-11H2/t13-,16-/m0/s1. The van der Waals surface area contributed by atoms with E-state index in [1.54, 1.807) is 0 Å². The molecule has 2 fully saturated rings. The molecule has 1 aliphatic carbocycles. The first kappa shape index (κ1) is 13.0. The predicted octanol–water partition coefficient (Wildman–Crippen LogP) is 2.37. The average molecular weight is 284 g/mol. The van der Waals surface area contributed by atoms with Gasteiger partial charge in [0.05, 0.1) is 5.69 Å². The van der Waals surface area contributed by atoms with Gasteiger partial charge in [-0.2, -0.15) is 0 Å². The van der Waals surface area contributed by atoms with Crippen LogP contribution in [0.2, 0.25) is 0 Å². The quantitative estimate of drug-likeness (QED) is 0.916. The molecule has 0 radical (unpaired) electrons. The van der Waals surface area contributed by atoms with Gasteiger partial charge in [-0.25, -0.2) is 0 Å². The largest absolute Gasteiger partial charge is 0.388 e. The molecule has 2 aromatic rings. The number of aromatic nitrogens is 1. The Morgan fingerprint density at radius 3 is 2.76 bits per heavy atom. The number of benzene rings is 1. The van der Waals surface area contributed by atoms with E-state index >= 15 is 0 Å². The van der Waals surface area contributed by atoms with Gasteiger partial charge < -0.3 is 14.5 Å². The number of nitrogens with zero attached hydrogens (tertiary/aromatic N) is 2. The van der Waals surface area contributed by atoms with Crippen LogP contribution in [0.15, 0.2) is 40.9 Å². The van der Waals surface area contributed by atoms with Gasteiger partial charge in [0.15, 0.2) is 5.76 Å². The summed E-state index contributed by atoms with van der Waals surface area (Å²) in [5.74, 6) is 2.62. The van der Waals surface area contributed by atoms with E-state index in [0.717, 1.165) is 30.6 Å². The molecule has 4 nitrogen and oxygen atoms in total. The van der Waals surface area contributed by atoms with Crippen LogP contribution in [0.4, 0.5) is 0 Å². The van der Waals surface area contributed by atoms with Crippen molar-refractivity contribution in [2.45, 2.75) is 24.9 Å². The molecule has 1 aliphatic heterocycles. The Balaban J connectivity index is 1.26. The van der Waals surface area contributed by atoms with Gasteiger partial charge in [-0.15, -0.1) is 0 Å². The first-order valence-electron chi connectivity index (χ1n) is 7.67. The Morgan fingerprint density at radius 1 is 1.24 bits per heavy atom. The summed E-state index contributed by atoms with van der Waals surface area (Å²) in [7, 11) is 0. The molecule has 1 aromatic heterocycles. The summed E-state index contributed by atoms with van der Waals surface area (Å²) in [6.07, 6.45) is 1.32. The lowest BCUT2D eigenvalue weighted by atomic mass is 9.95. The second-order valence-electron chi connectivity index (χ2n) is 6.30. The molecule has 0 unspecified atom stereocenters. The Morgan fingerprint density at radius 2 is 2.05 bits per heavy atom. The van der Waals surface area contributed by atoms with Gasteiger partial charge >= 0.3 is 0 Å². The Hall–Kier alpha value is -1.65. The Labute approximate surface area is 124 Å². The van der Waals surface area contributed by atoms with E-state index in [9.17, 15) is 0 Å². The zero-order chi connectivity index (χ0) is 14.2. The Bertz CT molecular complexity index is 604. The van der Waals surface area contributed by atoms with Gasteiger partial charge in [0.1, 0.15) is 6.61 Å². The molecule has 110 valence electrons. The maximum atomic E-state index is 9.00. The van der Waals surface area contributed by atoms with Crippen molar-refractivity contribution >= 4 is 0 Å². The number of aliphatic hydroxyl groups is 1. The third-order valence-corrected chi connectivity index (χ3v) is 4.75. The Kier molecular flexibility index (Phi) is 3.28. The fourth-order valence-electron chi connectivity index (χ4n) is 3.39. The van der Waals surface area contributed by atoms with E-state index in [0.29, 0.717) is 11.7 Å². The van der Waals surface area contributed by atoms with E-state index in [1.807, 2.05) is 6.07 Å². The van der Waals surface area contributed by atoms with Crippen LogP contribution in [0.25, 0.3) is 0 Å². The molecule has 4 rings (SSSR count). The van der Waals surface area contributed by atoms with E-state index < -0.39 is 0 Å². The van der Waals surface area contributed by atoms with E-state index in [2.05, 4.69) is 40.4 Å². The van der Waals surface area contributed by atoms with Crippen molar-refractivity contribution in [3.8, 4) is 0 Å². The molecule has 0 amide bonds. The van der Waals surface area contributed by atoms with Crippen molar-refractivity contribution in [3.63, 3.8) is 0 Å². The molecule has 2 heterocycles. The maximum Gasteiger partial charge on any atom is 0.162 e. The molecule has 21 heavy (non-hydrogen) atoms. The summed E-state index contributed by atoms with van der Waals surface area (Å²) in [4.78, 5) is 2.51. The molecule has 1 saturated carbocycles. The minimum atomic E-state index is -0.0652. The summed E-state index contributed by atoms with van der Waals surface area (Å²) in [5, 5.41) is 13.0. The van der Waals surface area contributed by atoms with Crippen LogP contribution in [-0.2, 0) is 6.61 Å². The minimum absolute atomic E-state index is 0.0652. The van der Waals surface area contributed by atoms with E-state index in [-0.39, 0.29) is 6.61 Å². The molecular formula is C17H20N2O2. The van der Waals surface area contributed by atoms with Gasteiger partial charge in [0, 0.05) is 31.6 Å². The summed E-state index contributed by atoms with van der Waals surface area (Å²) in [6, 6.07) is 12.7. The van der Waals surface area contributed by atoms with Crippen molar-refractivity contribution in [3.05, 3.63) is 53.4 Å². The summed E-state index contributed by atoms with van der Waals surface area (Å²) >= 11 is 0. The molecule has 1 N–H and O–H groups in total. The lowest BCUT2D eigenvalue weighted by Gasteiger charge is -2.38. The second kappa shape index (κ2) is 5.28. The zero-order valence-electron chi connectivity index (χ0n) is 12.0. The fourth-order valence-corrected chi connectivity index (χ4v) is 3.39. The lowest BCUT2D eigenvalue weighted by molar-refractivity contribution is 0.135. The van der Waals surface area contributed by atoms with Crippen molar-refractivity contribution < 1.29 is 9.63 Å². The fraction of sp³-hybridized carbons (Fsp3) is 0.471. The van der Waals surface area contributed by atoms with Gasteiger partial charge in [-0.1, -0.05) is 35.5 Å². The number of likely N-dealkylation sites (tertiary alicyclic amines) is 1. The van der Waals surface area contributed by atoms with Gasteiger partial charge in [0.25, 0.3) is 0 Å². The van der Waals surface area contributed by atoms with Crippen LogP contribution in [0, 0.1) is 5.92 Å². The highest BCUT2D eigenvalue weighted by Crippen LogP contribution is 2.48. The molecule has 2 aliphatic rings. The van der Waals surface area contributed by atoms with Crippen molar-refractivity contribution in [2.24, 2.45) is 5.92 Å². The van der Waals surface area contributed by atoms with Crippen LogP contribution >= 0.6 is 0 Å². The first-order valence-corrected chi connectivity index (χ1v) is 7.67. The van der Waals surface area contributed by atoms with Gasteiger partial charge in [-0.3, -0.25) is 0 Å². The molecule has 4 heteroatoms. The molecule has 2 atom stereocenters. The number of hydrogen-bond acceptors (Lipinski definition) is 4. The lowest BCUT2D eigenvalue weighted by Crippen LogP contribution is -2.46. The van der Waals surface area contributed by atoms with E-state index in [1.165, 1.54) is 18.5 Å². The van der Waals surface area contributed by atoms with Crippen molar-refractivity contribution in [1.82, 2.24) is 10.1 Å². The third kappa shape index (κ3) is 2.61. The topological polar surface area (TPSA) is 49.5 Å². The zero-order valence-corrected chi connectivity index (χ0v) is 12.0. The SMILES string of the molecule is OCc1cc(C2CN(C[C@@H]3C[C@H]3c3ccccc3)C2)no1. The molecule has 1 aromatic carbocycles. The monoisotopic (exact) mass is 284 g/mol. The smallest absolute Gasteiger partial charge is 0.162 e. The summed E-state index contributed by atoms with van der Waals surface area (Å²) in [5.41, 5.74) is 2.48. The highest BCUT2D eigenvalue weighted by molar-refractivity contribution is 5.26. The number of rotatable bonds is 5. The first-order chi connectivity index (χ1) is 10.3. The predicted molar refractivity (Wildman–Crippen MR) is 78.9 cm³/mol. The van der Waals surface area contributed by atoms with E-state index in [4.69, 9.17) is 9.63 Å². The van der Waals surface area contributed by atoms with Gasteiger partial charge in [-0.05, 0) is 23.8 Å². The summed E-state index contributed by atoms with van der Waals surface area (Å²) < 4.78 is 5.06.